The summed E-state index contributed by atoms with van der Waals surface area (Å²) in [7, 11) is 0. The van der Waals surface area contributed by atoms with Crippen molar-refractivity contribution in [3.05, 3.63) is 92.9 Å². The van der Waals surface area contributed by atoms with Gasteiger partial charge in [-0.05, 0) is 79.6 Å². The van der Waals surface area contributed by atoms with Crippen LogP contribution in [0, 0.1) is 20.8 Å². The molecule has 0 aliphatic rings. The molecule has 0 atom stereocenters. The molecule has 1 N–H and O–H groups in total. The summed E-state index contributed by atoms with van der Waals surface area (Å²) >= 11 is 0. The van der Waals surface area contributed by atoms with Crippen molar-refractivity contribution in [2.45, 2.75) is 85.0 Å². The first-order valence-corrected chi connectivity index (χ1v) is 13.3. The zero-order chi connectivity index (χ0) is 24.8. The van der Waals surface area contributed by atoms with E-state index in [1.165, 1.54) is 70.4 Å². The molecule has 3 aromatic carbocycles. The molecule has 0 unspecified atom stereocenters. The monoisotopic (exact) mass is 469 g/mol. The second-order valence-electron chi connectivity index (χ2n) is 10.0. The molecule has 0 saturated heterocycles. The zero-order valence-corrected chi connectivity index (χ0v) is 21.6. The summed E-state index contributed by atoms with van der Waals surface area (Å²) in [6.07, 6.45) is 11.6. The van der Waals surface area contributed by atoms with Crippen LogP contribution in [-0.2, 0) is 12.8 Å². The van der Waals surface area contributed by atoms with Gasteiger partial charge in [0.25, 0.3) is 0 Å². The fourth-order valence-electron chi connectivity index (χ4n) is 5.43. The molecule has 1 heterocycles. The number of hydrogen-bond acceptors (Lipinski definition) is 2. The number of aryl methyl sites for hydroxylation is 1. The van der Waals surface area contributed by atoms with E-state index in [1.807, 2.05) is 6.92 Å². The van der Waals surface area contributed by atoms with Gasteiger partial charge >= 0.3 is 0 Å². The van der Waals surface area contributed by atoms with Crippen molar-refractivity contribution in [3.63, 3.8) is 0 Å². The molecule has 0 radical (unpaired) electrons. The summed E-state index contributed by atoms with van der Waals surface area (Å²) in [5.74, 6) is 0. The van der Waals surface area contributed by atoms with Gasteiger partial charge in [-0.1, -0.05) is 87.1 Å². The third-order valence-corrected chi connectivity index (χ3v) is 7.72. The standard InChI is InChI=1S/C32H39NO2/c1-23-24(2)33(35)25(3)28(32(23)34)18-10-8-6-4-5-7-9-11-21-31-29-19-14-12-16-26(29)22-27-17-13-15-20-30(27)31/h12-17,19-20,22,35H,4-11,18,21H2,1-3H3. The third-order valence-electron chi connectivity index (χ3n) is 7.72. The molecule has 4 aromatic rings. The maximum Gasteiger partial charge on any atom is 0.188 e. The van der Waals surface area contributed by atoms with E-state index in [0.29, 0.717) is 17.0 Å². The maximum atomic E-state index is 12.6. The highest BCUT2D eigenvalue weighted by Gasteiger charge is 2.13. The van der Waals surface area contributed by atoms with Crippen molar-refractivity contribution in [2.75, 3.05) is 0 Å². The Bertz CT molecular complexity index is 1310. The minimum Gasteiger partial charge on any atom is -0.428 e. The number of benzene rings is 3. The van der Waals surface area contributed by atoms with Crippen LogP contribution in [0.3, 0.4) is 0 Å². The molecule has 0 spiro atoms. The van der Waals surface area contributed by atoms with Crippen LogP contribution >= 0.6 is 0 Å². The lowest BCUT2D eigenvalue weighted by Crippen LogP contribution is -2.22. The topological polar surface area (TPSA) is 42.2 Å². The second kappa shape index (κ2) is 11.6. The molecule has 1 aromatic heterocycles. The SMILES string of the molecule is Cc1c(C)n(O)c(C)c(CCCCCCCCCCc2c3ccccc3cc3ccccc23)c1=O. The van der Waals surface area contributed by atoms with E-state index < -0.39 is 0 Å². The summed E-state index contributed by atoms with van der Waals surface area (Å²) in [5.41, 5.74) is 4.37. The van der Waals surface area contributed by atoms with E-state index in [2.05, 4.69) is 54.6 Å². The minimum absolute atomic E-state index is 0.101. The van der Waals surface area contributed by atoms with Gasteiger partial charge in [-0.15, -0.1) is 0 Å². The molecule has 0 saturated carbocycles. The predicted octanol–water partition coefficient (Wildman–Crippen LogP) is 8.22. The Morgan fingerprint density at radius 3 is 1.63 bits per heavy atom. The fraction of sp³-hybridized carbons (Fsp3) is 0.406. The molecule has 0 amide bonds. The Balaban J connectivity index is 1.19. The zero-order valence-electron chi connectivity index (χ0n) is 21.6. The van der Waals surface area contributed by atoms with Gasteiger partial charge in [-0.3, -0.25) is 4.79 Å². The number of aromatic nitrogens is 1. The summed E-state index contributed by atoms with van der Waals surface area (Å²) < 4.78 is 1.17. The lowest BCUT2D eigenvalue weighted by Gasteiger charge is -2.14. The molecule has 0 aliphatic carbocycles. The van der Waals surface area contributed by atoms with E-state index in [-0.39, 0.29) is 5.43 Å². The number of hydrogen-bond donors (Lipinski definition) is 1. The first-order chi connectivity index (χ1) is 17.0. The van der Waals surface area contributed by atoms with Crippen molar-refractivity contribution in [1.82, 2.24) is 4.73 Å². The second-order valence-corrected chi connectivity index (χ2v) is 10.0. The quantitative estimate of drug-likeness (QED) is 0.137. The first-order valence-electron chi connectivity index (χ1n) is 13.3. The lowest BCUT2D eigenvalue weighted by atomic mass is 9.93. The number of nitrogens with zero attached hydrogens (tertiary/aromatic N) is 1. The first kappa shape index (κ1) is 25.0. The van der Waals surface area contributed by atoms with Gasteiger partial charge < -0.3 is 5.21 Å². The van der Waals surface area contributed by atoms with E-state index >= 15 is 0 Å². The third kappa shape index (κ3) is 5.61. The molecule has 0 aliphatic heterocycles. The normalized spacial score (nSPS) is 11.5. The lowest BCUT2D eigenvalue weighted by molar-refractivity contribution is 0.169. The number of unbranched alkanes of at least 4 members (excludes halogenated alkanes) is 7. The van der Waals surface area contributed by atoms with Gasteiger partial charge in [0.15, 0.2) is 5.43 Å². The Morgan fingerprint density at radius 1 is 0.629 bits per heavy atom. The van der Waals surface area contributed by atoms with Gasteiger partial charge in [0.2, 0.25) is 0 Å². The highest BCUT2D eigenvalue weighted by molar-refractivity contribution is 6.02. The van der Waals surface area contributed by atoms with Crippen LogP contribution in [0.4, 0.5) is 0 Å². The van der Waals surface area contributed by atoms with E-state index in [9.17, 15) is 10.0 Å². The van der Waals surface area contributed by atoms with Crippen LogP contribution < -0.4 is 5.43 Å². The molecule has 0 bridgehead atoms. The molecule has 0 fully saturated rings. The molecule has 184 valence electrons. The summed E-state index contributed by atoms with van der Waals surface area (Å²) in [6.45, 7) is 5.43. The molecule has 4 rings (SSSR count). The van der Waals surface area contributed by atoms with Crippen molar-refractivity contribution in [3.8, 4) is 0 Å². The van der Waals surface area contributed by atoms with Crippen LogP contribution in [-0.4, -0.2) is 9.94 Å². The Labute approximate surface area is 209 Å². The number of pyridine rings is 1. The Kier molecular flexibility index (Phi) is 8.28. The minimum atomic E-state index is 0.101. The van der Waals surface area contributed by atoms with Crippen LogP contribution in [0.25, 0.3) is 21.5 Å². The van der Waals surface area contributed by atoms with Gasteiger partial charge in [0.1, 0.15) is 0 Å². The Morgan fingerprint density at radius 2 is 1.09 bits per heavy atom. The predicted molar refractivity (Wildman–Crippen MR) is 148 cm³/mol. The summed E-state index contributed by atoms with van der Waals surface area (Å²) in [4.78, 5) is 12.6. The van der Waals surface area contributed by atoms with E-state index in [1.54, 1.807) is 13.8 Å². The van der Waals surface area contributed by atoms with Crippen molar-refractivity contribution >= 4 is 21.5 Å². The maximum absolute atomic E-state index is 12.6. The summed E-state index contributed by atoms with van der Waals surface area (Å²) in [5, 5.41) is 15.7. The van der Waals surface area contributed by atoms with Gasteiger partial charge in [-0.25, -0.2) is 0 Å². The molecular weight excluding hydrogens is 430 g/mol. The van der Waals surface area contributed by atoms with E-state index in [4.69, 9.17) is 0 Å². The number of fused-ring (bicyclic) bond motifs is 2. The van der Waals surface area contributed by atoms with Crippen LogP contribution in [0.2, 0.25) is 0 Å². The van der Waals surface area contributed by atoms with Gasteiger partial charge in [0, 0.05) is 11.1 Å². The molecule has 3 nitrogen and oxygen atoms in total. The number of rotatable bonds is 11. The average Bonchev–Trinajstić information content (AvgIpc) is 2.88. The van der Waals surface area contributed by atoms with Crippen molar-refractivity contribution in [2.24, 2.45) is 0 Å². The van der Waals surface area contributed by atoms with E-state index in [0.717, 1.165) is 31.2 Å². The fourth-order valence-corrected chi connectivity index (χ4v) is 5.43. The molecule has 3 heteroatoms. The largest absolute Gasteiger partial charge is 0.428 e. The smallest absolute Gasteiger partial charge is 0.188 e. The van der Waals surface area contributed by atoms with Crippen molar-refractivity contribution < 1.29 is 5.21 Å². The molecular formula is C32H39NO2. The van der Waals surface area contributed by atoms with Crippen LogP contribution in [0.5, 0.6) is 0 Å². The van der Waals surface area contributed by atoms with Gasteiger partial charge in [0.05, 0.1) is 11.4 Å². The van der Waals surface area contributed by atoms with Crippen LogP contribution in [0.15, 0.2) is 59.4 Å². The van der Waals surface area contributed by atoms with Crippen molar-refractivity contribution in [1.29, 1.82) is 0 Å². The highest BCUT2D eigenvalue weighted by Crippen LogP contribution is 2.30. The molecule has 35 heavy (non-hydrogen) atoms. The summed E-state index contributed by atoms with van der Waals surface area (Å²) in [6, 6.07) is 19.9. The Hall–Kier alpha value is -3.07. The van der Waals surface area contributed by atoms with Crippen LogP contribution in [0.1, 0.15) is 79.4 Å². The average molecular weight is 470 g/mol. The highest BCUT2D eigenvalue weighted by atomic mass is 16.5. The van der Waals surface area contributed by atoms with Gasteiger partial charge in [-0.2, -0.15) is 4.73 Å².